The quantitative estimate of drug-likeness (QED) is 0.832. The van der Waals surface area contributed by atoms with Gasteiger partial charge in [0.25, 0.3) is 0 Å². The van der Waals surface area contributed by atoms with Crippen LogP contribution in [0.1, 0.15) is 12.5 Å². The Kier molecular flexibility index (Phi) is 5.68. The first-order valence-corrected chi connectivity index (χ1v) is 7.33. The summed E-state index contributed by atoms with van der Waals surface area (Å²) in [5.41, 5.74) is -0.0804. The zero-order valence-electron chi connectivity index (χ0n) is 13.0. The van der Waals surface area contributed by atoms with E-state index in [9.17, 15) is 18.0 Å². The zero-order chi connectivity index (χ0) is 17.6. The number of alkyl halides is 3. The van der Waals surface area contributed by atoms with E-state index in [2.05, 4.69) is 10.6 Å². The van der Waals surface area contributed by atoms with E-state index in [4.69, 9.17) is 4.74 Å². The molecular weight excluding hydrogens is 321 g/mol. The fraction of sp³-hybridized carbons (Fsp3) is 0.235. The van der Waals surface area contributed by atoms with Gasteiger partial charge in [0, 0.05) is 5.69 Å². The molecule has 0 aliphatic heterocycles. The molecule has 2 N–H and O–H groups in total. The predicted octanol–water partition coefficient (Wildman–Crippen LogP) is 4.15. The van der Waals surface area contributed by atoms with E-state index < -0.39 is 17.6 Å². The lowest BCUT2D eigenvalue weighted by Gasteiger charge is -2.13. The minimum Gasteiger partial charge on any atom is -0.492 e. The molecular formula is C17H17F3N2O2. The molecule has 0 saturated carbocycles. The highest BCUT2D eigenvalue weighted by Crippen LogP contribution is 2.30. The topological polar surface area (TPSA) is 50.4 Å². The van der Waals surface area contributed by atoms with Crippen LogP contribution in [0.3, 0.4) is 0 Å². The van der Waals surface area contributed by atoms with Crippen LogP contribution in [0.25, 0.3) is 0 Å². The first-order chi connectivity index (χ1) is 11.4. The normalized spacial score (nSPS) is 11.0. The van der Waals surface area contributed by atoms with Gasteiger partial charge < -0.3 is 15.4 Å². The number of halogens is 3. The van der Waals surface area contributed by atoms with E-state index in [1.165, 1.54) is 12.1 Å². The van der Waals surface area contributed by atoms with Gasteiger partial charge in [-0.1, -0.05) is 18.2 Å². The third-order valence-corrected chi connectivity index (χ3v) is 3.10. The van der Waals surface area contributed by atoms with Crippen molar-refractivity contribution in [1.29, 1.82) is 0 Å². The molecule has 4 nitrogen and oxygen atoms in total. The summed E-state index contributed by atoms with van der Waals surface area (Å²) in [4.78, 5) is 11.9. The first-order valence-electron chi connectivity index (χ1n) is 7.33. The highest BCUT2D eigenvalue weighted by molar-refractivity contribution is 5.94. The van der Waals surface area contributed by atoms with Gasteiger partial charge in [-0.15, -0.1) is 0 Å². The third-order valence-electron chi connectivity index (χ3n) is 3.10. The van der Waals surface area contributed by atoms with Crippen LogP contribution in [0.5, 0.6) is 5.75 Å². The average Bonchev–Trinajstić information content (AvgIpc) is 2.54. The second-order valence-corrected chi connectivity index (χ2v) is 4.91. The SMILES string of the molecule is CCOc1ccccc1NCC(=O)Nc1cccc(C(F)(F)F)c1. The number of amides is 1. The van der Waals surface area contributed by atoms with E-state index in [0.29, 0.717) is 18.0 Å². The van der Waals surface area contributed by atoms with Crippen LogP contribution in [-0.4, -0.2) is 19.1 Å². The molecule has 0 radical (unpaired) electrons. The molecule has 2 rings (SSSR count). The smallest absolute Gasteiger partial charge is 0.416 e. The van der Waals surface area contributed by atoms with Gasteiger partial charge in [-0.25, -0.2) is 0 Å². The zero-order valence-corrected chi connectivity index (χ0v) is 13.0. The summed E-state index contributed by atoms with van der Waals surface area (Å²) in [7, 11) is 0. The van der Waals surface area contributed by atoms with Gasteiger partial charge >= 0.3 is 6.18 Å². The number of hydrogen-bond acceptors (Lipinski definition) is 3. The summed E-state index contributed by atoms with van der Waals surface area (Å²) in [6.45, 7) is 2.23. The number of carbonyl (C=O) groups is 1. The van der Waals surface area contributed by atoms with Crippen LogP contribution in [0.4, 0.5) is 24.5 Å². The summed E-state index contributed by atoms with van der Waals surface area (Å²) in [6.07, 6.45) is -4.45. The van der Waals surface area contributed by atoms with Crippen molar-refractivity contribution in [3.63, 3.8) is 0 Å². The number of anilines is 2. The largest absolute Gasteiger partial charge is 0.492 e. The van der Waals surface area contributed by atoms with E-state index in [1.807, 2.05) is 6.92 Å². The van der Waals surface area contributed by atoms with Crippen LogP contribution in [0.2, 0.25) is 0 Å². The molecule has 0 bridgehead atoms. The molecule has 0 fully saturated rings. The monoisotopic (exact) mass is 338 g/mol. The molecule has 0 aliphatic rings. The van der Waals surface area contributed by atoms with Gasteiger partial charge in [-0.2, -0.15) is 13.2 Å². The van der Waals surface area contributed by atoms with E-state index in [0.717, 1.165) is 12.1 Å². The summed E-state index contributed by atoms with van der Waals surface area (Å²) in [5, 5.41) is 5.34. The fourth-order valence-electron chi connectivity index (χ4n) is 2.05. The molecule has 0 spiro atoms. The van der Waals surface area contributed by atoms with Gasteiger partial charge in [0.05, 0.1) is 24.4 Å². The summed E-state index contributed by atoms with van der Waals surface area (Å²) < 4.78 is 43.4. The highest BCUT2D eigenvalue weighted by Gasteiger charge is 2.30. The Bertz CT molecular complexity index is 702. The number of nitrogens with one attached hydrogen (secondary N) is 2. The Balaban J connectivity index is 1.97. The van der Waals surface area contributed by atoms with Gasteiger partial charge in [-0.05, 0) is 37.3 Å². The highest BCUT2D eigenvalue weighted by atomic mass is 19.4. The Morgan fingerprint density at radius 1 is 1.12 bits per heavy atom. The number of carbonyl (C=O) groups excluding carboxylic acids is 1. The second-order valence-electron chi connectivity index (χ2n) is 4.91. The lowest BCUT2D eigenvalue weighted by Crippen LogP contribution is -2.22. The average molecular weight is 338 g/mol. The molecule has 128 valence electrons. The molecule has 7 heteroatoms. The summed E-state index contributed by atoms with van der Waals surface area (Å²) >= 11 is 0. The van der Waals surface area contributed by atoms with Crippen molar-refractivity contribution >= 4 is 17.3 Å². The lowest BCUT2D eigenvalue weighted by molar-refractivity contribution is -0.137. The molecule has 0 saturated heterocycles. The third kappa shape index (κ3) is 4.91. The molecule has 1 amide bonds. The van der Waals surface area contributed by atoms with E-state index in [-0.39, 0.29) is 12.2 Å². The summed E-state index contributed by atoms with van der Waals surface area (Å²) in [5.74, 6) is 0.146. The maximum absolute atomic E-state index is 12.7. The van der Waals surface area contributed by atoms with Crippen LogP contribution in [0, 0.1) is 0 Å². The van der Waals surface area contributed by atoms with Gasteiger partial charge in [0.2, 0.25) is 5.91 Å². The number of rotatable bonds is 6. The van der Waals surface area contributed by atoms with Crippen molar-refractivity contribution in [2.24, 2.45) is 0 Å². The van der Waals surface area contributed by atoms with Crippen molar-refractivity contribution in [3.8, 4) is 5.75 Å². The summed E-state index contributed by atoms with van der Waals surface area (Å²) in [6, 6.07) is 11.6. The van der Waals surface area contributed by atoms with Crippen molar-refractivity contribution in [2.45, 2.75) is 13.1 Å². The minimum absolute atomic E-state index is 0.0923. The van der Waals surface area contributed by atoms with Crippen LogP contribution in [-0.2, 0) is 11.0 Å². The van der Waals surface area contributed by atoms with Crippen molar-refractivity contribution in [2.75, 3.05) is 23.8 Å². The molecule has 0 heterocycles. The van der Waals surface area contributed by atoms with Crippen LogP contribution in [0.15, 0.2) is 48.5 Å². The Labute approximate surface area is 137 Å². The molecule has 0 unspecified atom stereocenters. The molecule has 24 heavy (non-hydrogen) atoms. The van der Waals surface area contributed by atoms with Crippen LogP contribution < -0.4 is 15.4 Å². The van der Waals surface area contributed by atoms with Crippen molar-refractivity contribution in [3.05, 3.63) is 54.1 Å². The molecule has 0 aliphatic carbocycles. The van der Waals surface area contributed by atoms with Crippen molar-refractivity contribution < 1.29 is 22.7 Å². The van der Waals surface area contributed by atoms with Crippen LogP contribution >= 0.6 is 0 Å². The Hall–Kier alpha value is -2.70. The second kappa shape index (κ2) is 7.72. The molecule has 2 aromatic rings. The van der Waals surface area contributed by atoms with Crippen molar-refractivity contribution in [1.82, 2.24) is 0 Å². The number of benzene rings is 2. The number of para-hydroxylation sites is 2. The predicted molar refractivity (Wildman–Crippen MR) is 86.2 cm³/mol. The van der Waals surface area contributed by atoms with Gasteiger partial charge in [0.15, 0.2) is 0 Å². The number of ether oxygens (including phenoxy) is 1. The Morgan fingerprint density at radius 2 is 1.88 bits per heavy atom. The lowest BCUT2D eigenvalue weighted by atomic mass is 10.2. The standard InChI is InChI=1S/C17H17F3N2O2/c1-2-24-15-9-4-3-8-14(15)21-11-16(23)22-13-7-5-6-12(10-13)17(18,19)20/h3-10,21H,2,11H2,1H3,(H,22,23). The van der Waals surface area contributed by atoms with E-state index in [1.54, 1.807) is 24.3 Å². The fourth-order valence-corrected chi connectivity index (χ4v) is 2.05. The first kappa shape index (κ1) is 17.7. The van der Waals surface area contributed by atoms with Gasteiger partial charge in [-0.3, -0.25) is 4.79 Å². The maximum atomic E-state index is 12.7. The van der Waals surface area contributed by atoms with Gasteiger partial charge in [0.1, 0.15) is 5.75 Å². The molecule has 0 atom stereocenters. The molecule has 2 aromatic carbocycles. The maximum Gasteiger partial charge on any atom is 0.416 e. The molecule has 0 aromatic heterocycles. The minimum atomic E-state index is -4.45. The van der Waals surface area contributed by atoms with E-state index >= 15 is 0 Å². The Morgan fingerprint density at radius 3 is 2.58 bits per heavy atom. The number of hydrogen-bond donors (Lipinski definition) is 2.